The second kappa shape index (κ2) is 14.7. The number of rotatable bonds is 15. The lowest BCUT2D eigenvalue weighted by molar-refractivity contribution is 0.0300. The fourth-order valence-corrected chi connectivity index (χ4v) is 4.98. The molecule has 2 rings (SSSR count). The number of hydrogen-bond acceptors (Lipinski definition) is 4. The number of hydrogen-bond donors (Lipinski definition) is 0. The van der Waals surface area contributed by atoms with Gasteiger partial charge in [-0.1, -0.05) is 82.1 Å². The zero-order valence-corrected chi connectivity index (χ0v) is 21.3. The highest BCUT2D eigenvalue weighted by Gasteiger charge is 2.31. The SMILES string of the molecule is CCCCC(CCCC)(CCCC)OC(=S)SCCCOc1ccc2ccccc2c1. The zero-order chi connectivity index (χ0) is 22.4. The molecule has 0 heterocycles. The van der Waals surface area contributed by atoms with Crippen molar-refractivity contribution in [2.24, 2.45) is 0 Å². The molecule has 4 heteroatoms. The topological polar surface area (TPSA) is 18.5 Å². The Labute approximate surface area is 199 Å². The van der Waals surface area contributed by atoms with Crippen molar-refractivity contribution in [3.63, 3.8) is 0 Å². The van der Waals surface area contributed by atoms with E-state index < -0.39 is 0 Å². The summed E-state index contributed by atoms with van der Waals surface area (Å²) in [5.41, 5.74) is -0.0618. The third-order valence-electron chi connectivity index (χ3n) is 5.76. The number of thiocarbonyl (C=S) groups is 1. The fourth-order valence-electron chi connectivity index (χ4n) is 3.89. The van der Waals surface area contributed by atoms with E-state index in [1.165, 1.54) is 49.3 Å². The van der Waals surface area contributed by atoms with Gasteiger partial charge >= 0.3 is 0 Å². The molecule has 0 fully saturated rings. The number of fused-ring (bicyclic) bond motifs is 1. The first kappa shape index (κ1) is 26.0. The molecule has 0 saturated carbocycles. The van der Waals surface area contributed by atoms with Crippen molar-refractivity contribution in [2.45, 2.75) is 90.6 Å². The van der Waals surface area contributed by atoms with E-state index in [1.807, 2.05) is 6.07 Å². The summed E-state index contributed by atoms with van der Waals surface area (Å²) in [6.45, 7) is 7.47. The Hall–Kier alpha value is -1.26. The molecule has 0 aliphatic rings. The summed E-state index contributed by atoms with van der Waals surface area (Å²) in [6, 6.07) is 14.6. The zero-order valence-electron chi connectivity index (χ0n) is 19.7. The molecule has 0 unspecified atom stereocenters. The molecule has 0 N–H and O–H groups in total. The maximum atomic E-state index is 6.51. The molecule has 0 atom stereocenters. The van der Waals surface area contributed by atoms with Gasteiger partial charge in [-0.2, -0.15) is 0 Å². The van der Waals surface area contributed by atoms with Crippen molar-refractivity contribution >= 4 is 39.1 Å². The summed E-state index contributed by atoms with van der Waals surface area (Å²) in [7, 11) is 0. The van der Waals surface area contributed by atoms with Crippen LogP contribution in [0.15, 0.2) is 42.5 Å². The monoisotopic (exact) mass is 460 g/mol. The Balaban J connectivity index is 1.78. The molecule has 0 bridgehead atoms. The smallest absolute Gasteiger partial charge is 0.220 e. The van der Waals surface area contributed by atoms with E-state index in [0.717, 1.165) is 37.2 Å². The van der Waals surface area contributed by atoms with E-state index in [2.05, 4.69) is 57.2 Å². The number of benzene rings is 2. The highest BCUT2D eigenvalue weighted by Crippen LogP contribution is 2.33. The summed E-state index contributed by atoms with van der Waals surface area (Å²) in [5.74, 6) is 1.86. The van der Waals surface area contributed by atoms with E-state index in [1.54, 1.807) is 11.8 Å². The number of ether oxygens (including phenoxy) is 2. The van der Waals surface area contributed by atoms with Crippen LogP contribution in [-0.2, 0) is 4.74 Å². The van der Waals surface area contributed by atoms with Crippen LogP contribution in [0.5, 0.6) is 5.75 Å². The molecule has 0 radical (unpaired) electrons. The summed E-state index contributed by atoms with van der Waals surface area (Å²) in [6.07, 6.45) is 11.5. The first-order valence-corrected chi connectivity index (χ1v) is 13.5. The molecular weight excluding hydrogens is 420 g/mol. The van der Waals surface area contributed by atoms with Crippen LogP contribution in [-0.4, -0.2) is 22.3 Å². The van der Waals surface area contributed by atoms with Crippen molar-refractivity contribution in [1.29, 1.82) is 0 Å². The summed E-state index contributed by atoms with van der Waals surface area (Å²) in [5, 5.41) is 2.46. The summed E-state index contributed by atoms with van der Waals surface area (Å²) >= 11 is 7.32. The first-order chi connectivity index (χ1) is 15.1. The molecule has 172 valence electrons. The molecule has 0 spiro atoms. The molecule has 0 aliphatic heterocycles. The van der Waals surface area contributed by atoms with Crippen molar-refractivity contribution in [3.05, 3.63) is 42.5 Å². The Kier molecular flexibility index (Phi) is 12.4. The van der Waals surface area contributed by atoms with E-state index in [9.17, 15) is 0 Å². The van der Waals surface area contributed by atoms with Crippen LogP contribution in [0.3, 0.4) is 0 Å². The lowest BCUT2D eigenvalue weighted by atomic mass is 9.86. The average molecular weight is 461 g/mol. The maximum Gasteiger partial charge on any atom is 0.220 e. The predicted octanol–water partition coefficient (Wildman–Crippen LogP) is 8.95. The standard InChI is InChI=1S/C27H40O2S2/c1-4-7-17-27(18-8-5-2,19-9-6-3)29-26(30)31-21-12-20-28-25-16-15-23-13-10-11-14-24(23)22-25/h10-11,13-16,22H,4-9,12,17-21H2,1-3H3. The first-order valence-electron chi connectivity index (χ1n) is 12.1. The van der Waals surface area contributed by atoms with Crippen LogP contribution >= 0.6 is 24.0 Å². The van der Waals surface area contributed by atoms with Crippen molar-refractivity contribution in [2.75, 3.05) is 12.4 Å². The van der Waals surface area contributed by atoms with Crippen molar-refractivity contribution in [3.8, 4) is 5.75 Å². The van der Waals surface area contributed by atoms with Gasteiger partial charge in [-0.25, -0.2) is 0 Å². The van der Waals surface area contributed by atoms with Gasteiger partial charge in [0.2, 0.25) is 4.38 Å². The summed E-state index contributed by atoms with van der Waals surface area (Å²) in [4.78, 5) is 0. The average Bonchev–Trinajstić information content (AvgIpc) is 2.79. The van der Waals surface area contributed by atoms with Crippen LogP contribution in [0.1, 0.15) is 85.0 Å². The lowest BCUT2D eigenvalue weighted by Crippen LogP contribution is -2.34. The van der Waals surface area contributed by atoms with Gasteiger partial charge in [-0.15, -0.1) is 0 Å². The van der Waals surface area contributed by atoms with Gasteiger partial charge in [0.1, 0.15) is 11.4 Å². The predicted molar refractivity (Wildman–Crippen MR) is 142 cm³/mol. The van der Waals surface area contributed by atoms with Crippen LogP contribution in [0.4, 0.5) is 0 Å². The minimum atomic E-state index is -0.0618. The van der Waals surface area contributed by atoms with Gasteiger partial charge < -0.3 is 9.47 Å². The maximum absolute atomic E-state index is 6.51. The van der Waals surface area contributed by atoms with Crippen LogP contribution in [0.2, 0.25) is 0 Å². The lowest BCUT2D eigenvalue weighted by Gasteiger charge is -2.35. The largest absolute Gasteiger partial charge is 0.494 e. The third kappa shape index (κ3) is 9.41. The Bertz CT molecular complexity index is 753. The van der Waals surface area contributed by atoms with E-state index in [4.69, 9.17) is 21.7 Å². The molecule has 0 saturated heterocycles. The number of thioether (sulfide) groups is 1. The van der Waals surface area contributed by atoms with Gasteiger partial charge in [0.25, 0.3) is 0 Å². The minimum absolute atomic E-state index is 0.0618. The Morgan fingerprint density at radius 1 is 0.839 bits per heavy atom. The van der Waals surface area contributed by atoms with E-state index in [-0.39, 0.29) is 5.60 Å². The number of unbranched alkanes of at least 4 members (excludes halogenated alkanes) is 3. The van der Waals surface area contributed by atoms with Crippen LogP contribution < -0.4 is 4.74 Å². The second-order valence-electron chi connectivity index (χ2n) is 8.41. The normalized spacial score (nSPS) is 11.6. The van der Waals surface area contributed by atoms with Gasteiger partial charge in [-0.3, -0.25) is 0 Å². The fraction of sp³-hybridized carbons (Fsp3) is 0.593. The molecule has 2 nitrogen and oxygen atoms in total. The second-order valence-corrected chi connectivity index (χ2v) is 10.1. The molecule has 0 aromatic heterocycles. The van der Waals surface area contributed by atoms with E-state index >= 15 is 0 Å². The molecule has 2 aromatic carbocycles. The minimum Gasteiger partial charge on any atom is -0.494 e. The Morgan fingerprint density at radius 3 is 2.06 bits per heavy atom. The highest BCUT2D eigenvalue weighted by molar-refractivity contribution is 8.22. The Morgan fingerprint density at radius 2 is 1.45 bits per heavy atom. The van der Waals surface area contributed by atoms with E-state index in [0.29, 0.717) is 11.0 Å². The molecule has 0 amide bonds. The summed E-state index contributed by atoms with van der Waals surface area (Å²) < 4.78 is 13.2. The quantitative estimate of drug-likeness (QED) is 0.195. The van der Waals surface area contributed by atoms with Crippen molar-refractivity contribution in [1.82, 2.24) is 0 Å². The van der Waals surface area contributed by atoms with Gasteiger partial charge in [-0.05, 0) is 80.1 Å². The van der Waals surface area contributed by atoms with Gasteiger partial charge in [0.15, 0.2) is 0 Å². The molecule has 2 aromatic rings. The third-order valence-corrected chi connectivity index (χ3v) is 7.00. The highest BCUT2D eigenvalue weighted by atomic mass is 32.2. The molecular formula is C27H40O2S2. The van der Waals surface area contributed by atoms with Gasteiger partial charge in [0, 0.05) is 5.75 Å². The van der Waals surface area contributed by atoms with Crippen LogP contribution in [0.25, 0.3) is 10.8 Å². The molecule has 31 heavy (non-hydrogen) atoms. The van der Waals surface area contributed by atoms with Crippen molar-refractivity contribution < 1.29 is 9.47 Å². The van der Waals surface area contributed by atoms with Crippen LogP contribution in [0, 0.1) is 0 Å². The molecule has 0 aliphatic carbocycles. The van der Waals surface area contributed by atoms with Gasteiger partial charge in [0.05, 0.1) is 6.61 Å².